The second kappa shape index (κ2) is 7.32. The van der Waals surface area contributed by atoms with E-state index in [4.69, 9.17) is 0 Å². The Bertz CT molecular complexity index is 1060. The topological polar surface area (TPSA) is 67.2 Å². The summed E-state index contributed by atoms with van der Waals surface area (Å²) in [6.45, 7) is 6.20. The Kier molecular flexibility index (Phi) is 4.62. The average molecular weight is 403 g/mol. The largest absolute Gasteiger partial charge is 0.337 e. The van der Waals surface area contributed by atoms with Gasteiger partial charge >= 0.3 is 0 Å². The number of hydrogen-bond acceptors (Lipinski definition) is 5. The molecule has 154 valence electrons. The molecule has 5 rings (SSSR count). The van der Waals surface area contributed by atoms with Gasteiger partial charge < -0.3 is 9.47 Å². The molecule has 2 aromatic heterocycles. The summed E-state index contributed by atoms with van der Waals surface area (Å²) in [7, 11) is 2.00. The highest BCUT2D eigenvalue weighted by atomic mass is 16.2. The van der Waals surface area contributed by atoms with Crippen LogP contribution in [0.2, 0.25) is 0 Å². The monoisotopic (exact) mass is 402 g/mol. The van der Waals surface area contributed by atoms with Crippen molar-refractivity contribution in [2.75, 3.05) is 26.2 Å². The van der Waals surface area contributed by atoms with Crippen molar-refractivity contribution in [3.8, 4) is 0 Å². The first-order valence-corrected chi connectivity index (χ1v) is 10.4. The van der Waals surface area contributed by atoms with E-state index in [9.17, 15) is 4.79 Å². The molecule has 2 aliphatic rings. The van der Waals surface area contributed by atoms with E-state index >= 15 is 0 Å². The van der Waals surface area contributed by atoms with Crippen molar-refractivity contribution in [3.05, 3.63) is 77.6 Å². The van der Waals surface area contributed by atoms with Crippen LogP contribution in [0.5, 0.6) is 0 Å². The smallest absolute Gasteiger partial charge is 0.254 e. The van der Waals surface area contributed by atoms with E-state index in [1.54, 1.807) is 18.6 Å². The highest BCUT2D eigenvalue weighted by Crippen LogP contribution is 2.49. The van der Waals surface area contributed by atoms with Crippen molar-refractivity contribution in [2.45, 2.75) is 19.4 Å². The third-order valence-corrected chi connectivity index (χ3v) is 6.47. The Balaban J connectivity index is 1.37. The number of likely N-dealkylation sites (tertiary alicyclic amines) is 2. The summed E-state index contributed by atoms with van der Waals surface area (Å²) < 4.78 is 2.02. The molecule has 2 aliphatic heterocycles. The van der Waals surface area contributed by atoms with E-state index in [-0.39, 0.29) is 17.2 Å². The molecule has 1 amide bonds. The van der Waals surface area contributed by atoms with E-state index in [0.717, 1.165) is 44.2 Å². The zero-order valence-electron chi connectivity index (χ0n) is 17.4. The molecule has 3 aromatic rings. The minimum Gasteiger partial charge on any atom is -0.337 e. The number of aromatic nitrogens is 4. The number of aryl methyl sites for hydroxylation is 2. The lowest BCUT2D eigenvalue weighted by atomic mass is 9.71. The molecular weight excluding hydrogens is 376 g/mol. The summed E-state index contributed by atoms with van der Waals surface area (Å²) in [6.07, 6.45) is 3.47. The van der Waals surface area contributed by atoms with Gasteiger partial charge in [-0.3, -0.25) is 14.7 Å². The molecule has 1 spiro atoms. The molecule has 0 N–H and O–H groups in total. The van der Waals surface area contributed by atoms with Gasteiger partial charge in [-0.15, -0.1) is 10.2 Å². The van der Waals surface area contributed by atoms with Gasteiger partial charge in [0.25, 0.3) is 5.91 Å². The summed E-state index contributed by atoms with van der Waals surface area (Å²) in [5, 5.41) is 8.55. The molecule has 0 bridgehead atoms. The highest BCUT2D eigenvalue weighted by molar-refractivity contribution is 5.94. The average Bonchev–Trinajstić information content (AvgIpc) is 3.30. The number of pyridine rings is 1. The zero-order valence-corrected chi connectivity index (χ0v) is 17.4. The van der Waals surface area contributed by atoms with Gasteiger partial charge in [-0.1, -0.05) is 30.3 Å². The zero-order chi connectivity index (χ0) is 20.7. The van der Waals surface area contributed by atoms with Gasteiger partial charge in [0.05, 0.1) is 0 Å². The van der Waals surface area contributed by atoms with Gasteiger partial charge in [0.2, 0.25) is 0 Å². The maximum absolute atomic E-state index is 13.0. The van der Waals surface area contributed by atoms with Gasteiger partial charge in [-0.05, 0) is 24.6 Å². The molecule has 0 radical (unpaired) electrons. The number of rotatable bonds is 4. The van der Waals surface area contributed by atoms with Crippen LogP contribution in [0.1, 0.15) is 33.4 Å². The molecule has 30 heavy (non-hydrogen) atoms. The fourth-order valence-corrected chi connectivity index (χ4v) is 5.04. The van der Waals surface area contributed by atoms with E-state index in [1.165, 1.54) is 5.56 Å². The predicted octanol–water partition coefficient (Wildman–Crippen LogP) is 2.26. The van der Waals surface area contributed by atoms with Crippen LogP contribution in [0.15, 0.2) is 55.0 Å². The Morgan fingerprint density at radius 2 is 1.97 bits per heavy atom. The van der Waals surface area contributed by atoms with Crippen molar-refractivity contribution in [1.29, 1.82) is 0 Å². The molecule has 2 fully saturated rings. The number of amides is 1. The van der Waals surface area contributed by atoms with E-state index in [2.05, 4.69) is 44.3 Å². The second-order valence-electron chi connectivity index (χ2n) is 8.72. The van der Waals surface area contributed by atoms with Gasteiger partial charge in [-0.25, -0.2) is 0 Å². The molecule has 1 unspecified atom stereocenters. The lowest BCUT2D eigenvalue weighted by Gasteiger charge is -2.50. The lowest BCUT2D eigenvalue weighted by Crippen LogP contribution is -2.61. The lowest BCUT2D eigenvalue weighted by molar-refractivity contribution is 0.00140. The molecular formula is C23H26N6O. The van der Waals surface area contributed by atoms with Gasteiger partial charge in [-0.2, -0.15) is 0 Å². The highest BCUT2D eigenvalue weighted by Gasteiger charge is 2.57. The number of carbonyl (C=O) groups is 1. The maximum Gasteiger partial charge on any atom is 0.254 e. The SMILES string of the molecule is Cc1cc(C(=O)N2CC3(CN(Cc4ccccc4)CC3c3nncn3C)C2)ccn1. The molecule has 4 heterocycles. The fourth-order valence-electron chi connectivity index (χ4n) is 5.04. The first-order valence-electron chi connectivity index (χ1n) is 10.4. The Labute approximate surface area is 176 Å². The maximum atomic E-state index is 13.0. The number of hydrogen-bond donors (Lipinski definition) is 0. The van der Waals surface area contributed by atoms with E-state index in [1.807, 2.05) is 35.6 Å². The summed E-state index contributed by atoms with van der Waals surface area (Å²) in [5.74, 6) is 1.36. The van der Waals surface area contributed by atoms with Crippen molar-refractivity contribution in [1.82, 2.24) is 29.5 Å². The molecule has 0 saturated carbocycles. The van der Waals surface area contributed by atoms with E-state index < -0.39 is 0 Å². The number of carbonyl (C=O) groups excluding carboxylic acids is 1. The predicted molar refractivity (Wildman–Crippen MR) is 113 cm³/mol. The molecule has 7 heteroatoms. The van der Waals surface area contributed by atoms with Crippen LogP contribution < -0.4 is 0 Å². The van der Waals surface area contributed by atoms with E-state index in [0.29, 0.717) is 5.56 Å². The Morgan fingerprint density at radius 1 is 1.17 bits per heavy atom. The number of nitrogens with zero attached hydrogens (tertiary/aromatic N) is 6. The molecule has 2 saturated heterocycles. The first-order chi connectivity index (χ1) is 14.5. The molecule has 1 aromatic carbocycles. The van der Waals surface area contributed by atoms with Crippen molar-refractivity contribution in [2.24, 2.45) is 12.5 Å². The van der Waals surface area contributed by atoms with Crippen LogP contribution in [0.25, 0.3) is 0 Å². The molecule has 0 aliphatic carbocycles. The van der Waals surface area contributed by atoms with Gasteiger partial charge in [0, 0.05) is 68.6 Å². The van der Waals surface area contributed by atoms with Gasteiger partial charge in [0.15, 0.2) is 0 Å². The quantitative estimate of drug-likeness (QED) is 0.670. The van der Waals surface area contributed by atoms with Crippen LogP contribution in [-0.4, -0.2) is 61.6 Å². The summed E-state index contributed by atoms with van der Waals surface area (Å²) in [6, 6.07) is 14.2. The standard InChI is InChI=1S/C23H26N6O/c1-17-10-19(8-9-24-17)22(30)29-14-23(15-29)13-28(11-18-6-4-3-5-7-18)12-20(23)21-26-25-16-27(21)2/h3-10,16,20H,11-15H2,1-2H3. The Morgan fingerprint density at radius 3 is 2.67 bits per heavy atom. The molecule has 7 nitrogen and oxygen atoms in total. The number of benzene rings is 1. The fraction of sp³-hybridized carbons (Fsp3) is 0.391. The van der Waals surface area contributed by atoms with Crippen LogP contribution in [0.4, 0.5) is 0 Å². The summed E-state index contributed by atoms with van der Waals surface area (Å²) >= 11 is 0. The van der Waals surface area contributed by atoms with Crippen molar-refractivity contribution >= 4 is 5.91 Å². The van der Waals surface area contributed by atoms with Crippen molar-refractivity contribution < 1.29 is 4.79 Å². The van der Waals surface area contributed by atoms with Gasteiger partial charge in [0.1, 0.15) is 12.2 Å². The van der Waals surface area contributed by atoms with Crippen LogP contribution in [0.3, 0.4) is 0 Å². The first kappa shape index (κ1) is 18.9. The van der Waals surface area contributed by atoms with Crippen LogP contribution in [-0.2, 0) is 13.6 Å². The van der Waals surface area contributed by atoms with Crippen LogP contribution in [0, 0.1) is 12.3 Å². The van der Waals surface area contributed by atoms with Crippen molar-refractivity contribution in [3.63, 3.8) is 0 Å². The summed E-state index contributed by atoms with van der Waals surface area (Å²) in [4.78, 5) is 21.7. The third-order valence-electron chi connectivity index (χ3n) is 6.47. The molecule has 1 atom stereocenters. The summed E-state index contributed by atoms with van der Waals surface area (Å²) in [5.41, 5.74) is 2.91. The second-order valence-corrected chi connectivity index (χ2v) is 8.72. The Hall–Kier alpha value is -3.06. The third kappa shape index (κ3) is 3.29. The van der Waals surface area contributed by atoms with Crippen LogP contribution >= 0.6 is 0 Å². The minimum atomic E-state index is 0.0211. The minimum absolute atomic E-state index is 0.0211. The normalized spacial score (nSPS) is 20.5.